The van der Waals surface area contributed by atoms with E-state index >= 15 is 0 Å². The highest BCUT2D eigenvalue weighted by molar-refractivity contribution is 8.04. The van der Waals surface area contributed by atoms with E-state index in [1.807, 2.05) is 60.7 Å². The van der Waals surface area contributed by atoms with Gasteiger partial charge in [-0.3, -0.25) is 9.69 Å². The molecule has 4 heteroatoms. The second kappa shape index (κ2) is 5.97. The summed E-state index contributed by atoms with van der Waals surface area (Å²) in [5, 5.41) is 8.99. The Morgan fingerprint density at radius 3 is 2.33 bits per heavy atom. The standard InChI is InChI=1S/C17H14N2OS/c18-15(13-7-3-1-4-8-13)11-17-19(16(20)12-21-17)14-9-5-2-6-10-14/h1-11,18H,12H2/b17-11-,18-15?. The average Bonchev–Trinajstić information content (AvgIpc) is 2.89. The summed E-state index contributed by atoms with van der Waals surface area (Å²) in [6.45, 7) is 0. The van der Waals surface area contributed by atoms with Crippen LogP contribution in [0.3, 0.4) is 0 Å². The Morgan fingerprint density at radius 1 is 1.05 bits per heavy atom. The normalized spacial score (nSPS) is 16.5. The van der Waals surface area contributed by atoms with E-state index in [0.29, 0.717) is 11.5 Å². The molecule has 0 spiro atoms. The molecule has 21 heavy (non-hydrogen) atoms. The SMILES string of the molecule is N=C(/C=C1\SCC(=O)N1c1ccccc1)c1ccccc1. The molecule has 1 aliphatic rings. The van der Waals surface area contributed by atoms with Crippen molar-refractivity contribution in [3.8, 4) is 0 Å². The highest BCUT2D eigenvalue weighted by Crippen LogP contribution is 2.33. The number of para-hydroxylation sites is 1. The molecule has 0 atom stereocenters. The van der Waals surface area contributed by atoms with Crippen molar-refractivity contribution in [2.45, 2.75) is 0 Å². The van der Waals surface area contributed by atoms with Crippen LogP contribution in [-0.2, 0) is 4.79 Å². The van der Waals surface area contributed by atoms with Crippen molar-refractivity contribution in [1.29, 1.82) is 5.41 Å². The van der Waals surface area contributed by atoms with Gasteiger partial charge in [-0.05, 0) is 23.8 Å². The Bertz CT molecular complexity index is 695. The first kappa shape index (κ1) is 13.6. The maximum Gasteiger partial charge on any atom is 0.242 e. The minimum absolute atomic E-state index is 0.0540. The van der Waals surface area contributed by atoms with Gasteiger partial charge in [0, 0.05) is 5.69 Å². The number of carbonyl (C=O) groups is 1. The van der Waals surface area contributed by atoms with E-state index in [1.165, 1.54) is 11.8 Å². The maximum absolute atomic E-state index is 12.1. The number of anilines is 1. The Kier molecular flexibility index (Phi) is 3.88. The van der Waals surface area contributed by atoms with E-state index in [0.717, 1.165) is 16.3 Å². The summed E-state index contributed by atoms with van der Waals surface area (Å²) in [5.41, 5.74) is 2.10. The molecule has 2 aromatic carbocycles. The number of benzene rings is 2. The van der Waals surface area contributed by atoms with Crippen LogP contribution >= 0.6 is 11.8 Å². The number of allylic oxidation sites excluding steroid dienone is 1. The van der Waals surface area contributed by atoms with Gasteiger partial charge in [-0.15, -0.1) is 0 Å². The van der Waals surface area contributed by atoms with Crippen LogP contribution in [0.2, 0.25) is 0 Å². The topological polar surface area (TPSA) is 44.2 Å². The first-order valence-electron chi connectivity index (χ1n) is 6.62. The highest BCUT2D eigenvalue weighted by atomic mass is 32.2. The number of rotatable bonds is 3. The van der Waals surface area contributed by atoms with Gasteiger partial charge < -0.3 is 5.41 Å². The molecule has 1 fully saturated rings. The summed E-state index contributed by atoms with van der Waals surface area (Å²) in [5.74, 6) is 0.473. The van der Waals surface area contributed by atoms with Gasteiger partial charge in [0.15, 0.2) is 0 Å². The van der Waals surface area contributed by atoms with Crippen LogP contribution in [0.4, 0.5) is 5.69 Å². The van der Waals surface area contributed by atoms with Gasteiger partial charge in [-0.1, -0.05) is 60.3 Å². The predicted octanol–water partition coefficient (Wildman–Crippen LogP) is 3.68. The van der Waals surface area contributed by atoms with E-state index in [4.69, 9.17) is 5.41 Å². The van der Waals surface area contributed by atoms with E-state index in [2.05, 4.69) is 0 Å². The molecule has 0 unspecified atom stereocenters. The second-order valence-corrected chi connectivity index (χ2v) is 5.61. The van der Waals surface area contributed by atoms with Crippen molar-refractivity contribution in [2.75, 3.05) is 10.7 Å². The fourth-order valence-electron chi connectivity index (χ4n) is 2.17. The number of thioether (sulfide) groups is 1. The molecule has 1 amide bonds. The summed E-state index contributed by atoms with van der Waals surface area (Å²) in [6, 6.07) is 19.1. The molecule has 0 bridgehead atoms. The Balaban J connectivity index is 1.92. The maximum atomic E-state index is 12.1. The lowest BCUT2D eigenvalue weighted by atomic mass is 10.1. The van der Waals surface area contributed by atoms with Crippen LogP contribution in [0.25, 0.3) is 0 Å². The summed E-state index contributed by atoms with van der Waals surface area (Å²) in [6.07, 6.45) is 1.76. The fraction of sp³-hybridized carbons (Fsp3) is 0.0588. The molecular formula is C17H14N2OS. The molecule has 0 saturated carbocycles. The van der Waals surface area contributed by atoms with Crippen molar-refractivity contribution in [3.63, 3.8) is 0 Å². The van der Waals surface area contributed by atoms with Crippen molar-refractivity contribution >= 4 is 29.1 Å². The van der Waals surface area contributed by atoms with Gasteiger partial charge in [0.2, 0.25) is 5.91 Å². The minimum atomic E-state index is 0.0540. The third-order valence-corrected chi connectivity index (χ3v) is 4.17. The monoisotopic (exact) mass is 294 g/mol. The number of hydrogen-bond acceptors (Lipinski definition) is 3. The molecule has 1 heterocycles. The zero-order chi connectivity index (χ0) is 14.7. The van der Waals surface area contributed by atoms with Crippen LogP contribution in [0.15, 0.2) is 71.8 Å². The second-order valence-electron chi connectivity index (χ2n) is 4.62. The summed E-state index contributed by atoms with van der Waals surface area (Å²) >= 11 is 1.47. The molecule has 2 aromatic rings. The van der Waals surface area contributed by atoms with Gasteiger partial charge in [-0.25, -0.2) is 0 Å². The largest absolute Gasteiger partial charge is 0.300 e. The number of amides is 1. The molecule has 1 N–H and O–H groups in total. The van der Waals surface area contributed by atoms with Crippen LogP contribution in [0.5, 0.6) is 0 Å². The van der Waals surface area contributed by atoms with Gasteiger partial charge in [0.25, 0.3) is 0 Å². The molecular weight excluding hydrogens is 280 g/mol. The zero-order valence-corrected chi connectivity index (χ0v) is 12.1. The molecule has 104 valence electrons. The van der Waals surface area contributed by atoms with E-state index in [-0.39, 0.29) is 5.91 Å². The summed E-state index contributed by atoms with van der Waals surface area (Å²) in [7, 11) is 0. The van der Waals surface area contributed by atoms with E-state index in [1.54, 1.807) is 11.0 Å². The van der Waals surface area contributed by atoms with E-state index in [9.17, 15) is 4.79 Å². The third-order valence-electron chi connectivity index (χ3n) is 3.18. The van der Waals surface area contributed by atoms with Gasteiger partial charge in [0.1, 0.15) is 0 Å². The van der Waals surface area contributed by atoms with Gasteiger partial charge in [-0.2, -0.15) is 0 Å². The number of carbonyl (C=O) groups excluding carboxylic acids is 1. The number of hydrogen-bond donors (Lipinski definition) is 1. The highest BCUT2D eigenvalue weighted by Gasteiger charge is 2.28. The lowest BCUT2D eigenvalue weighted by Crippen LogP contribution is -2.24. The Hall–Kier alpha value is -2.33. The van der Waals surface area contributed by atoms with Crippen LogP contribution in [0, 0.1) is 5.41 Å². The lowest BCUT2D eigenvalue weighted by molar-refractivity contribution is -0.115. The Labute approximate surface area is 127 Å². The van der Waals surface area contributed by atoms with E-state index < -0.39 is 0 Å². The van der Waals surface area contributed by atoms with Crippen molar-refractivity contribution in [1.82, 2.24) is 0 Å². The quantitative estimate of drug-likeness (QED) is 0.878. The smallest absolute Gasteiger partial charge is 0.242 e. The molecule has 1 aliphatic heterocycles. The van der Waals surface area contributed by atoms with Crippen LogP contribution in [0.1, 0.15) is 5.56 Å². The Morgan fingerprint density at radius 2 is 1.67 bits per heavy atom. The molecule has 0 radical (unpaired) electrons. The molecule has 0 aromatic heterocycles. The number of nitrogens with one attached hydrogen (secondary N) is 1. The van der Waals surface area contributed by atoms with Crippen molar-refractivity contribution in [2.24, 2.45) is 0 Å². The number of nitrogens with zero attached hydrogens (tertiary/aromatic N) is 1. The third kappa shape index (κ3) is 2.90. The molecule has 3 rings (SSSR count). The lowest BCUT2D eigenvalue weighted by Gasteiger charge is -2.17. The first-order chi connectivity index (χ1) is 10.3. The summed E-state index contributed by atoms with van der Waals surface area (Å²) < 4.78 is 0. The van der Waals surface area contributed by atoms with Crippen molar-refractivity contribution in [3.05, 3.63) is 77.3 Å². The molecule has 0 aliphatic carbocycles. The zero-order valence-electron chi connectivity index (χ0n) is 11.3. The molecule has 1 saturated heterocycles. The van der Waals surface area contributed by atoms with Crippen molar-refractivity contribution < 1.29 is 4.79 Å². The van der Waals surface area contributed by atoms with Crippen LogP contribution in [-0.4, -0.2) is 17.4 Å². The summed E-state index contributed by atoms with van der Waals surface area (Å²) in [4.78, 5) is 13.8. The van der Waals surface area contributed by atoms with Gasteiger partial charge in [0.05, 0.1) is 16.5 Å². The van der Waals surface area contributed by atoms with Crippen LogP contribution < -0.4 is 4.90 Å². The first-order valence-corrected chi connectivity index (χ1v) is 7.61. The average molecular weight is 294 g/mol. The fourth-order valence-corrected chi connectivity index (χ4v) is 3.10. The predicted molar refractivity (Wildman–Crippen MR) is 87.7 cm³/mol. The minimum Gasteiger partial charge on any atom is -0.300 e. The van der Waals surface area contributed by atoms with Gasteiger partial charge >= 0.3 is 0 Å². The molecule has 3 nitrogen and oxygen atoms in total.